The van der Waals surface area contributed by atoms with Crippen LogP contribution in [-0.4, -0.2) is 29.3 Å². The van der Waals surface area contributed by atoms with Crippen LogP contribution in [0.4, 0.5) is 28.9 Å². The van der Waals surface area contributed by atoms with Gasteiger partial charge in [0.2, 0.25) is 0 Å². The van der Waals surface area contributed by atoms with Gasteiger partial charge in [-0.1, -0.05) is 0 Å². The fraction of sp³-hybridized carbons (Fsp3) is 0.600. The summed E-state index contributed by atoms with van der Waals surface area (Å²) in [7, 11) is 1.40. The predicted molar refractivity (Wildman–Crippen MR) is 82.5 cm³/mol. The Morgan fingerprint density at radius 2 is 1.88 bits per heavy atom. The van der Waals surface area contributed by atoms with Crippen LogP contribution in [0.3, 0.4) is 0 Å². The lowest BCUT2D eigenvalue weighted by atomic mass is 9.85. The number of alkyl halides is 3. The predicted octanol–water partition coefficient (Wildman–Crippen LogP) is 3.48. The number of nitro groups is 1. The monoisotopic (exact) mass is 365 g/mol. The zero-order valence-electron chi connectivity index (χ0n) is 13.4. The Bertz CT molecular complexity index is 631. The topological polar surface area (TPSA) is 87.4 Å². The van der Waals surface area contributed by atoms with Crippen LogP contribution in [0.5, 0.6) is 0 Å². The minimum atomic E-state index is -4.24. The molecule has 0 saturated heterocycles. The first-order valence-electron chi connectivity index (χ1n) is 7.80. The van der Waals surface area contributed by atoms with Crippen molar-refractivity contribution in [3.8, 4) is 0 Å². The number of aliphatic hydroxyl groups excluding tert-OH is 1. The Hall–Kier alpha value is -1.94. The summed E-state index contributed by atoms with van der Waals surface area (Å²) in [6, 6.07) is 1.40. The van der Waals surface area contributed by atoms with Gasteiger partial charge in [-0.15, -0.1) is 0 Å². The van der Waals surface area contributed by atoms with E-state index < -0.39 is 40.8 Å². The molecule has 6 nitrogen and oxygen atoms in total. The summed E-state index contributed by atoms with van der Waals surface area (Å²) in [6.45, 7) is 0. The van der Waals surface area contributed by atoms with E-state index in [2.05, 4.69) is 10.6 Å². The van der Waals surface area contributed by atoms with Gasteiger partial charge in [-0.25, -0.2) is 4.39 Å². The van der Waals surface area contributed by atoms with Gasteiger partial charge in [0.1, 0.15) is 17.7 Å². The van der Waals surface area contributed by atoms with Crippen molar-refractivity contribution in [3.63, 3.8) is 0 Å². The summed E-state index contributed by atoms with van der Waals surface area (Å²) in [5.41, 5.74) is -0.756. The molecule has 0 spiro atoms. The highest BCUT2D eigenvalue weighted by molar-refractivity contribution is 5.62. The van der Waals surface area contributed by atoms with E-state index in [0.29, 0.717) is 0 Å². The molecule has 1 aromatic carbocycles. The Kier molecular flexibility index (Phi) is 5.83. The molecule has 1 aromatic rings. The van der Waals surface area contributed by atoms with Crippen LogP contribution >= 0.6 is 0 Å². The molecule has 1 atom stereocenters. The second kappa shape index (κ2) is 7.52. The van der Waals surface area contributed by atoms with Crippen LogP contribution in [0.25, 0.3) is 0 Å². The largest absolute Gasteiger partial charge is 0.391 e. The zero-order valence-corrected chi connectivity index (χ0v) is 13.4. The molecule has 10 heteroatoms. The number of nitrogens with one attached hydrogen (secondary N) is 2. The molecular formula is C15H19F4N3O3. The van der Waals surface area contributed by atoms with Gasteiger partial charge < -0.3 is 10.4 Å². The van der Waals surface area contributed by atoms with Crippen LogP contribution < -0.4 is 10.6 Å². The average Bonchev–Trinajstić information content (AvgIpc) is 2.53. The molecule has 1 aliphatic carbocycles. The van der Waals surface area contributed by atoms with Gasteiger partial charge in [0.05, 0.1) is 10.8 Å². The number of aliphatic hydroxyl groups is 1. The molecule has 0 heterocycles. The maximum absolute atomic E-state index is 14.1. The number of hydrogen-bond acceptors (Lipinski definition) is 5. The van der Waals surface area contributed by atoms with Crippen molar-refractivity contribution >= 4 is 11.4 Å². The Labute approximate surface area is 141 Å². The number of anilines is 1. The van der Waals surface area contributed by atoms with Gasteiger partial charge in [0, 0.05) is 30.8 Å². The van der Waals surface area contributed by atoms with Gasteiger partial charge in [-0.05, 0) is 25.7 Å². The van der Waals surface area contributed by atoms with E-state index in [-0.39, 0.29) is 36.9 Å². The maximum atomic E-state index is 14.1. The molecule has 1 unspecified atom stereocenters. The van der Waals surface area contributed by atoms with Crippen molar-refractivity contribution < 1.29 is 27.6 Å². The molecule has 0 aliphatic heterocycles. The van der Waals surface area contributed by atoms with E-state index in [0.717, 1.165) is 12.1 Å². The van der Waals surface area contributed by atoms with E-state index >= 15 is 0 Å². The minimum absolute atomic E-state index is 0.0378. The maximum Gasteiger partial charge on any atom is 0.391 e. The molecular weight excluding hydrogens is 346 g/mol. The van der Waals surface area contributed by atoms with E-state index in [4.69, 9.17) is 0 Å². The lowest BCUT2D eigenvalue weighted by Crippen LogP contribution is -2.39. The minimum Gasteiger partial charge on any atom is -0.382 e. The fourth-order valence-corrected chi connectivity index (χ4v) is 3.04. The molecule has 140 valence electrons. The van der Waals surface area contributed by atoms with Gasteiger partial charge in [-0.3, -0.25) is 15.4 Å². The highest BCUT2D eigenvalue weighted by Crippen LogP contribution is 2.38. The third-order valence-electron chi connectivity index (χ3n) is 4.46. The van der Waals surface area contributed by atoms with Crippen molar-refractivity contribution in [1.82, 2.24) is 5.32 Å². The van der Waals surface area contributed by atoms with Gasteiger partial charge in [0.15, 0.2) is 0 Å². The first-order valence-corrected chi connectivity index (χ1v) is 7.80. The first-order chi connectivity index (χ1) is 11.6. The van der Waals surface area contributed by atoms with Gasteiger partial charge in [0.25, 0.3) is 5.69 Å². The number of rotatable bonds is 5. The first kappa shape index (κ1) is 19.4. The summed E-state index contributed by atoms with van der Waals surface area (Å²) in [4.78, 5) is 10.3. The third-order valence-corrected chi connectivity index (χ3v) is 4.46. The van der Waals surface area contributed by atoms with Gasteiger partial charge >= 0.3 is 6.18 Å². The summed E-state index contributed by atoms with van der Waals surface area (Å²) in [5, 5.41) is 26.3. The van der Waals surface area contributed by atoms with Crippen molar-refractivity contribution in [2.24, 2.45) is 5.92 Å². The van der Waals surface area contributed by atoms with Crippen molar-refractivity contribution in [2.75, 3.05) is 12.4 Å². The average molecular weight is 365 g/mol. The van der Waals surface area contributed by atoms with Crippen molar-refractivity contribution in [1.29, 1.82) is 0 Å². The molecule has 1 aliphatic rings. The molecule has 0 bridgehead atoms. The molecule has 2 rings (SSSR count). The van der Waals surface area contributed by atoms with E-state index in [1.165, 1.54) is 7.05 Å². The summed E-state index contributed by atoms with van der Waals surface area (Å²) >= 11 is 0. The standard InChI is InChI=1S/C15H19F4N3O3/c1-20-12-7-11(16)10(6-13(12)22(24)25)14(23)21-9-4-2-8(3-5-9)15(17,18)19/h6-9,14,20-21,23H,2-5H2,1H3. The van der Waals surface area contributed by atoms with Crippen LogP contribution in [-0.2, 0) is 0 Å². The van der Waals surface area contributed by atoms with E-state index in [1.807, 2.05) is 0 Å². The summed E-state index contributed by atoms with van der Waals surface area (Å²) in [6.07, 6.45) is -5.57. The number of nitro benzene ring substituents is 1. The number of hydrogen-bond donors (Lipinski definition) is 3. The SMILES string of the molecule is CNc1cc(F)c(C(O)NC2CCC(C(F)(F)F)CC2)cc1[N+](=O)[O-]. The zero-order chi connectivity index (χ0) is 18.8. The normalized spacial score (nSPS) is 22.5. The highest BCUT2D eigenvalue weighted by atomic mass is 19.4. The van der Waals surface area contributed by atoms with E-state index in [9.17, 15) is 32.8 Å². The van der Waals surface area contributed by atoms with Crippen LogP contribution in [0.1, 0.15) is 37.5 Å². The number of nitrogens with zero attached hydrogens (tertiary/aromatic N) is 1. The van der Waals surface area contributed by atoms with Crippen molar-refractivity contribution in [3.05, 3.63) is 33.6 Å². The fourth-order valence-electron chi connectivity index (χ4n) is 3.04. The Balaban J connectivity index is 2.08. The molecule has 0 radical (unpaired) electrons. The van der Waals surface area contributed by atoms with Gasteiger partial charge in [-0.2, -0.15) is 13.2 Å². The van der Waals surface area contributed by atoms with Crippen LogP contribution in [0.2, 0.25) is 0 Å². The van der Waals surface area contributed by atoms with Crippen LogP contribution in [0, 0.1) is 21.8 Å². The lowest BCUT2D eigenvalue weighted by molar-refractivity contribution is -0.384. The molecule has 0 aromatic heterocycles. The summed E-state index contributed by atoms with van der Waals surface area (Å²) < 4.78 is 52.0. The Morgan fingerprint density at radius 3 is 2.36 bits per heavy atom. The second-order valence-electron chi connectivity index (χ2n) is 6.06. The molecule has 0 amide bonds. The van der Waals surface area contributed by atoms with Crippen molar-refractivity contribution in [2.45, 2.75) is 44.1 Å². The Morgan fingerprint density at radius 1 is 1.28 bits per heavy atom. The smallest absolute Gasteiger partial charge is 0.382 e. The highest BCUT2D eigenvalue weighted by Gasteiger charge is 2.41. The molecule has 1 fully saturated rings. The van der Waals surface area contributed by atoms with E-state index in [1.54, 1.807) is 0 Å². The summed E-state index contributed by atoms with van der Waals surface area (Å²) in [5.74, 6) is -2.21. The number of benzene rings is 1. The molecule has 1 saturated carbocycles. The molecule has 25 heavy (non-hydrogen) atoms. The van der Waals surface area contributed by atoms with Crippen LogP contribution in [0.15, 0.2) is 12.1 Å². The second-order valence-corrected chi connectivity index (χ2v) is 6.06. The molecule has 3 N–H and O–H groups in total. The third kappa shape index (κ3) is 4.57. The number of halogens is 4. The lowest BCUT2D eigenvalue weighted by Gasteiger charge is -2.31. The quantitative estimate of drug-likeness (QED) is 0.322.